The van der Waals surface area contributed by atoms with Crippen molar-refractivity contribution in [2.24, 2.45) is 0 Å². The van der Waals surface area contributed by atoms with Gasteiger partial charge in [0.15, 0.2) is 9.84 Å². The number of sulfone groups is 1. The van der Waals surface area contributed by atoms with Crippen LogP contribution in [0.2, 0.25) is 0 Å². The van der Waals surface area contributed by atoms with Crippen molar-refractivity contribution < 1.29 is 13.2 Å². The highest BCUT2D eigenvalue weighted by Gasteiger charge is 2.29. The topological polar surface area (TPSA) is 66.5 Å². The standard InChI is InChI=1S/C14H22N2O3S2/c1-9-8-21(18,19)6-5-16(9)7-13(17)15-14-11(3)10(2)12(4)20-14/h9H,5-8H2,1-4H3,(H,15,17)/t9-/m1/s1. The van der Waals surface area contributed by atoms with Crippen molar-refractivity contribution >= 4 is 32.1 Å². The van der Waals surface area contributed by atoms with Gasteiger partial charge in [0.1, 0.15) is 0 Å². The van der Waals surface area contributed by atoms with E-state index >= 15 is 0 Å². The van der Waals surface area contributed by atoms with E-state index < -0.39 is 9.84 Å². The van der Waals surface area contributed by atoms with Crippen LogP contribution in [-0.2, 0) is 14.6 Å². The molecule has 7 heteroatoms. The Labute approximate surface area is 130 Å². The molecule has 0 bridgehead atoms. The molecule has 1 aromatic rings. The van der Waals surface area contributed by atoms with E-state index in [1.165, 1.54) is 10.4 Å². The van der Waals surface area contributed by atoms with Crippen LogP contribution in [0.4, 0.5) is 5.00 Å². The number of aryl methyl sites for hydroxylation is 1. The Morgan fingerprint density at radius 2 is 2.00 bits per heavy atom. The third kappa shape index (κ3) is 3.84. The molecular weight excluding hydrogens is 308 g/mol. The summed E-state index contributed by atoms with van der Waals surface area (Å²) >= 11 is 1.59. The van der Waals surface area contributed by atoms with Crippen LogP contribution in [0.15, 0.2) is 0 Å². The zero-order chi connectivity index (χ0) is 15.8. The van der Waals surface area contributed by atoms with Gasteiger partial charge in [0.05, 0.1) is 23.1 Å². The Balaban J connectivity index is 1.97. The van der Waals surface area contributed by atoms with Crippen LogP contribution >= 0.6 is 11.3 Å². The van der Waals surface area contributed by atoms with E-state index in [2.05, 4.69) is 5.32 Å². The summed E-state index contributed by atoms with van der Waals surface area (Å²) in [4.78, 5) is 15.3. The average Bonchev–Trinajstić information content (AvgIpc) is 2.60. The molecule has 2 rings (SSSR count). The smallest absolute Gasteiger partial charge is 0.239 e. The van der Waals surface area contributed by atoms with Crippen LogP contribution in [0.3, 0.4) is 0 Å². The Bertz CT molecular complexity index is 649. The number of anilines is 1. The number of thiophene rings is 1. The Hall–Kier alpha value is -0.920. The van der Waals surface area contributed by atoms with Crippen LogP contribution in [-0.4, -0.2) is 49.9 Å². The van der Waals surface area contributed by atoms with Crippen LogP contribution in [0.5, 0.6) is 0 Å². The van der Waals surface area contributed by atoms with Gasteiger partial charge in [-0.25, -0.2) is 8.42 Å². The van der Waals surface area contributed by atoms with Gasteiger partial charge in [-0.3, -0.25) is 9.69 Å². The number of carbonyl (C=O) groups excluding carboxylic acids is 1. The average molecular weight is 330 g/mol. The van der Waals surface area contributed by atoms with Gasteiger partial charge in [-0.05, 0) is 38.8 Å². The van der Waals surface area contributed by atoms with Crippen molar-refractivity contribution in [3.8, 4) is 0 Å². The van der Waals surface area contributed by atoms with E-state index in [9.17, 15) is 13.2 Å². The number of nitrogens with zero attached hydrogens (tertiary/aromatic N) is 1. The fourth-order valence-electron chi connectivity index (χ4n) is 2.48. The lowest BCUT2D eigenvalue weighted by atomic mass is 10.2. The van der Waals surface area contributed by atoms with Crippen molar-refractivity contribution in [1.82, 2.24) is 4.90 Å². The van der Waals surface area contributed by atoms with E-state index in [-0.39, 0.29) is 30.0 Å². The second-order valence-electron chi connectivity index (χ2n) is 5.72. The molecule has 1 aromatic heterocycles. The molecule has 0 aliphatic carbocycles. The van der Waals surface area contributed by atoms with Crippen molar-refractivity contribution in [2.75, 3.05) is 29.9 Å². The maximum absolute atomic E-state index is 12.2. The van der Waals surface area contributed by atoms with Gasteiger partial charge in [-0.15, -0.1) is 11.3 Å². The summed E-state index contributed by atoms with van der Waals surface area (Å²) in [6.07, 6.45) is 0. The van der Waals surface area contributed by atoms with Gasteiger partial charge in [0, 0.05) is 17.5 Å². The molecular formula is C14H22N2O3S2. The van der Waals surface area contributed by atoms with Gasteiger partial charge in [0.25, 0.3) is 0 Å². The zero-order valence-corrected chi connectivity index (χ0v) is 14.5. The second kappa shape index (κ2) is 6.06. The van der Waals surface area contributed by atoms with E-state index in [0.29, 0.717) is 6.54 Å². The van der Waals surface area contributed by atoms with Gasteiger partial charge in [-0.1, -0.05) is 0 Å². The van der Waals surface area contributed by atoms with E-state index in [1.54, 1.807) is 11.3 Å². The van der Waals surface area contributed by atoms with E-state index in [0.717, 1.165) is 10.6 Å². The lowest BCUT2D eigenvalue weighted by Crippen LogP contribution is -2.49. The summed E-state index contributed by atoms with van der Waals surface area (Å²) in [5.74, 6) is 0.197. The molecule has 1 aliphatic rings. The first-order valence-electron chi connectivity index (χ1n) is 7.00. The highest BCUT2D eigenvalue weighted by Crippen LogP contribution is 2.31. The van der Waals surface area contributed by atoms with Gasteiger partial charge in [-0.2, -0.15) is 0 Å². The van der Waals surface area contributed by atoms with Crippen molar-refractivity contribution in [2.45, 2.75) is 33.7 Å². The molecule has 0 aromatic carbocycles. The molecule has 1 atom stereocenters. The fourth-order valence-corrected chi connectivity index (χ4v) is 5.19. The third-order valence-corrected chi connectivity index (χ3v) is 7.11. The summed E-state index contributed by atoms with van der Waals surface area (Å²) < 4.78 is 23.1. The lowest BCUT2D eigenvalue weighted by molar-refractivity contribution is -0.117. The molecule has 118 valence electrons. The minimum absolute atomic E-state index is 0.0782. The lowest BCUT2D eigenvalue weighted by Gasteiger charge is -2.32. The highest BCUT2D eigenvalue weighted by atomic mass is 32.2. The predicted octanol–water partition coefficient (Wildman–Crippen LogP) is 1.73. The Morgan fingerprint density at radius 1 is 1.33 bits per heavy atom. The number of carbonyl (C=O) groups is 1. The number of rotatable bonds is 3. The molecule has 1 saturated heterocycles. The van der Waals surface area contributed by atoms with Crippen molar-refractivity contribution in [3.63, 3.8) is 0 Å². The third-order valence-electron chi connectivity index (χ3n) is 4.09. The van der Waals surface area contributed by atoms with E-state index in [4.69, 9.17) is 0 Å². The van der Waals surface area contributed by atoms with Crippen LogP contribution in [0.25, 0.3) is 0 Å². The minimum Gasteiger partial charge on any atom is -0.316 e. The van der Waals surface area contributed by atoms with Gasteiger partial charge in [0.2, 0.25) is 5.91 Å². The molecule has 0 spiro atoms. The molecule has 0 saturated carbocycles. The molecule has 2 heterocycles. The molecule has 1 aliphatic heterocycles. The van der Waals surface area contributed by atoms with Crippen LogP contribution in [0, 0.1) is 20.8 Å². The minimum atomic E-state index is -2.94. The van der Waals surface area contributed by atoms with Crippen molar-refractivity contribution in [3.05, 3.63) is 16.0 Å². The molecule has 5 nitrogen and oxygen atoms in total. The maximum atomic E-state index is 12.2. The summed E-state index contributed by atoms with van der Waals surface area (Å²) in [7, 11) is -2.94. The zero-order valence-electron chi connectivity index (χ0n) is 12.9. The summed E-state index contributed by atoms with van der Waals surface area (Å²) in [5, 5.41) is 3.84. The number of amides is 1. The Kier molecular flexibility index (Phi) is 4.75. The largest absolute Gasteiger partial charge is 0.316 e. The maximum Gasteiger partial charge on any atom is 0.239 e. The van der Waals surface area contributed by atoms with Gasteiger partial charge >= 0.3 is 0 Å². The van der Waals surface area contributed by atoms with E-state index in [1.807, 2.05) is 32.6 Å². The normalized spacial score (nSPS) is 22.2. The quantitative estimate of drug-likeness (QED) is 0.916. The Morgan fingerprint density at radius 3 is 2.52 bits per heavy atom. The summed E-state index contributed by atoms with van der Waals surface area (Å²) in [6.45, 7) is 8.62. The molecule has 0 radical (unpaired) electrons. The first-order chi connectivity index (χ1) is 9.69. The van der Waals surface area contributed by atoms with Gasteiger partial charge < -0.3 is 5.32 Å². The van der Waals surface area contributed by atoms with Crippen molar-refractivity contribution in [1.29, 1.82) is 0 Å². The summed E-state index contributed by atoms with van der Waals surface area (Å²) in [5.41, 5.74) is 2.33. The monoisotopic (exact) mass is 330 g/mol. The molecule has 0 unspecified atom stereocenters. The molecule has 1 N–H and O–H groups in total. The second-order valence-corrected chi connectivity index (χ2v) is 9.17. The molecule has 1 fully saturated rings. The number of hydrogen-bond donors (Lipinski definition) is 1. The molecule has 21 heavy (non-hydrogen) atoms. The number of hydrogen-bond acceptors (Lipinski definition) is 5. The van der Waals surface area contributed by atoms with Crippen LogP contribution in [0.1, 0.15) is 22.9 Å². The van der Waals surface area contributed by atoms with Crippen LogP contribution < -0.4 is 5.32 Å². The fraction of sp³-hybridized carbons (Fsp3) is 0.643. The SMILES string of the molecule is Cc1sc(NC(=O)CN2CCS(=O)(=O)C[C@H]2C)c(C)c1C. The predicted molar refractivity (Wildman–Crippen MR) is 86.8 cm³/mol. The first-order valence-corrected chi connectivity index (χ1v) is 9.64. The first kappa shape index (κ1) is 16.5. The highest BCUT2D eigenvalue weighted by molar-refractivity contribution is 7.91. The number of nitrogens with one attached hydrogen (secondary N) is 1. The molecule has 1 amide bonds. The summed E-state index contributed by atoms with van der Waals surface area (Å²) in [6, 6.07) is -0.109.